The molecular formula is C19H18Cl2N4O2. The molecule has 1 aromatic carbocycles. The van der Waals surface area contributed by atoms with Crippen LogP contribution in [0.1, 0.15) is 20.3 Å². The van der Waals surface area contributed by atoms with Gasteiger partial charge in [-0.05, 0) is 24.0 Å². The highest BCUT2D eigenvalue weighted by Gasteiger charge is 2.46. The van der Waals surface area contributed by atoms with Gasteiger partial charge in [-0.2, -0.15) is 0 Å². The summed E-state index contributed by atoms with van der Waals surface area (Å²) in [5.41, 5.74) is 0.995. The van der Waals surface area contributed by atoms with E-state index in [2.05, 4.69) is 4.98 Å². The molecule has 1 unspecified atom stereocenters. The smallest absolute Gasteiger partial charge is 0.326 e. The zero-order valence-corrected chi connectivity index (χ0v) is 16.4. The summed E-state index contributed by atoms with van der Waals surface area (Å²) in [6, 6.07) is 4.80. The van der Waals surface area contributed by atoms with Gasteiger partial charge in [0.15, 0.2) is 0 Å². The van der Waals surface area contributed by atoms with Crippen LogP contribution in [0.3, 0.4) is 0 Å². The van der Waals surface area contributed by atoms with Gasteiger partial charge in [-0.3, -0.25) is 0 Å². The molecule has 4 rings (SSSR count). The van der Waals surface area contributed by atoms with Gasteiger partial charge in [0, 0.05) is 30.4 Å². The monoisotopic (exact) mass is 404 g/mol. The normalized spacial score (nSPS) is 19.0. The second-order valence-electron chi connectivity index (χ2n) is 7.40. The van der Waals surface area contributed by atoms with Gasteiger partial charge in [0.2, 0.25) is 0 Å². The van der Waals surface area contributed by atoms with Gasteiger partial charge in [0.05, 0.1) is 27.6 Å². The van der Waals surface area contributed by atoms with Crippen molar-refractivity contribution in [3.05, 3.63) is 47.0 Å². The van der Waals surface area contributed by atoms with Gasteiger partial charge >= 0.3 is 5.97 Å². The first-order valence-electron chi connectivity index (χ1n) is 8.56. The average molecular weight is 405 g/mol. The molecule has 6 nitrogen and oxygen atoms in total. The van der Waals surface area contributed by atoms with E-state index in [-0.39, 0.29) is 5.41 Å². The Morgan fingerprint density at radius 3 is 2.78 bits per heavy atom. The largest absolute Gasteiger partial charge is 0.480 e. The van der Waals surface area contributed by atoms with Gasteiger partial charge in [-0.15, -0.1) is 0 Å². The molecular weight excluding hydrogens is 387 g/mol. The Bertz CT molecular complexity index is 1030. The van der Waals surface area contributed by atoms with Crippen molar-refractivity contribution >= 4 is 45.9 Å². The van der Waals surface area contributed by atoms with E-state index >= 15 is 0 Å². The molecule has 1 N–H and O–H groups in total. The fraction of sp³-hybridized carbons (Fsp3) is 0.316. The first-order chi connectivity index (χ1) is 12.8. The Balaban J connectivity index is 1.97. The third kappa shape index (κ3) is 2.93. The topological polar surface area (TPSA) is 71.2 Å². The van der Waals surface area contributed by atoms with E-state index in [9.17, 15) is 9.90 Å². The Hall–Kier alpha value is -2.31. The van der Waals surface area contributed by atoms with Crippen LogP contribution in [0.4, 0.5) is 5.82 Å². The molecule has 2 aromatic heterocycles. The number of aliphatic carboxylic acids is 1. The first-order valence-corrected chi connectivity index (χ1v) is 9.32. The summed E-state index contributed by atoms with van der Waals surface area (Å²) in [6.45, 7) is 4.53. The van der Waals surface area contributed by atoms with Crippen molar-refractivity contribution in [2.24, 2.45) is 5.41 Å². The standard InChI is InChI=1S/C19H18Cl2N4O2/c1-19(2)5-7-25(17(19)18(26)27)14-9-13(24-8-6-22-10-24)11-3-4-12(20)15(21)16(11)23-14/h3-4,6,8-10,17H,5,7H2,1-2H3,(H,26,27). The number of carbonyl (C=O) groups is 1. The van der Waals surface area contributed by atoms with E-state index in [0.717, 1.165) is 17.5 Å². The van der Waals surface area contributed by atoms with Crippen LogP contribution in [-0.2, 0) is 4.79 Å². The molecule has 0 bridgehead atoms. The summed E-state index contributed by atoms with van der Waals surface area (Å²) in [6.07, 6.45) is 5.95. The first kappa shape index (κ1) is 18.1. The molecule has 3 aromatic rings. The second-order valence-corrected chi connectivity index (χ2v) is 8.18. The van der Waals surface area contributed by atoms with Crippen LogP contribution in [0.5, 0.6) is 0 Å². The molecule has 0 aliphatic carbocycles. The van der Waals surface area contributed by atoms with E-state index in [4.69, 9.17) is 28.2 Å². The predicted octanol–water partition coefficient (Wildman–Crippen LogP) is 4.42. The van der Waals surface area contributed by atoms with Gasteiger partial charge in [-0.1, -0.05) is 37.0 Å². The summed E-state index contributed by atoms with van der Waals surface area (Å²) >= 11 is 12.6. The number of rotatable bonds is 3. The maximum atomic E-state index is 12.0. The van der Waals surface area contributed by atoms with E-state index in [1.807, 2.05) is 41.6 Å². The highest BCUT2D eigenvalue weighted by Crippen LogP contribution is 2.41. The SMILES string of the molecule is CC1(C)CCN(c2cc(-n3ccnc3)c3ccc(Cl)c(Cl)c3n2)C1C(=O)O. The molecule has 0 amide bonds. The fourth-order valence-corrected chi connectivity index (χ4v) is 4.14. The minimum Gasteiger partial charge on any atom is -0.480 e. The Labute approximate surface area is 166 Å². The van der Waals surface area contributed by atoms with Gasteiger partial charge in [0.1, 0.15) is 11.9 Å². The average Bonchev–Trinajstić information content (AvgIpc) is 3.24. The summed E-state index contributed by atoms with van der Waals surface area (Å²) < 4.78 is 1.86. The quantitative estimate of drug-likeness (QED) is 0.699. The van der Waals surface area contributed by atoms with Crippen molar-refractivity contribution in [1.29, 1.82) is 0 Å². The summed E-state index contributed by atoms with van der Waals surface area (Å²) in [5.74, 6) is -0.297. The minimum absolute atomic E-state index is 0.350. The molecule has 3 heterocycles. The van der Waals surface area contributed by atoms with E-state index in [1.165, 1.54) is 0 Å². The number of nitrogens with zero attached hydrogens (tertiary/aromatic N) is 4. The lowest BCUT2D eigenvalue weighted by Crippen LogP contribution is -2.43. The molecule has 1 aliphatic rings. The van der Waals surface area contributed by atoms with Crippen LogP contribution < -0.4 is 4.90 Å². The van der Waals surface area contributed by atoms with Crippen LogP contribution >= 0.6 is 23.2 Å². The van der Waals surface area contributed by atoms with Crippen LogP contribution in [0.15, 0.2) is 36.9 Å². The number of pyridine rings is 1. The number of hydrogen-bond donors (Lipinski definition) is 1. The van der Waals surface area contributed by atoms with Crippen LogP contribution in [0, 0.1) is 5.41 Å². The molecule has 0 spiro atoms. The van der Waals surface area contributed by atoms with E-state index in [1.54, 1.807) is 18.6 Å². The van der Waals surface area contributed by atoms with Crippen molar-refractivity contribution in [1.82, 2.24) is 14.5 Å². The number of benzene rings is 1. The third-order valence-electron chi connectivity index (χ3n) is 5.20. The van der Waals surface area contributed by atoms with Crippen molar-refractivity contribution in [3.8, 4) is 5.69 Å². The molecule has 1 fully saturated rings. The lowest BCUT2D eigenvalue weighted by Gasteiger charge is -2.30. The number of carboxylic acids is 1. The number of hydrogen-bond acceptors (Lipinski definition) is 4. The summed E-state index contributed by atoms with van der Waals surface area (Å²) in [5, 5.41) is 11.4. The summed E-state index contributed by atoms with van der Waals surface area (Å²) in [7, 11) is 0. The van der Waals surface area contributed by atoms with Crippen molar-refractivity contribution < 1.29 is 9.90 Å². The van der Waals surface area contributed by atoms with Crippen LogP contribution in [-0.4, -0.2) is 38.2 Å². The number of carboxylic acid groups (broad SMARTS) is 1. The number of aromatic nitrogens is 3. The molecule has 0 radical (unpaired) electrons. The highest BCUT2D eigenvalue weighted by atomic mass is 35.5. The third-order valence-corrected chi connectivity index (χ3v) is 5.99. The lowest BCUT2D eigenvalue weighted by atomic mass is 9.85. The fourth-order valence-electron chi connectivity index (χ4n) is 3.78. The molecule has 1 aliphatic heterocycles. The van der Waals surface area contributed by atoms with E-state index in [0.29, 0.717) is 27.9 Å². The summed E-state index contributed by atoms with van der Waals surface area (Å²) in [4.78, 5) is 22.6. The lowest BCUT2D eigenvalue weighted by molar-refractivity contribution is -0.140. The molecule has 140 valence electrons. The van der Waals surface area contributed by atoms with Crippen molar-refractivity contribution in [2.75, 3.05) is 11.4 Å². The predicted molar refractivity (Wildman–Crippen MR) is 106 cm³/mol. The van der Waals surface area contributed by atoms with Gasteiger partial charge in [-0.25, -0.2) is 14.8 Å². The Kier molecular flexibility index (Phi) is 4.28. The minimum atomic E-state index is -0.860. The zero-order chi connectivity index (χ0) is 19.3. The number of fused-ring (bicyclic) bond motifs is 1. The van der Waals surface area contributed by atoms with Gasteiger partial charge < -0.3 is 14.6 Å². The Morgan fingerprint density at radius 1 is 1.33 bits per heavy atom. The number of anilines is 1. The second kappa shape index (κ2) is 6.39. The zero-order valence-electron chi connectivity index (χ0n) is 14.9. The maximum Gasteiger partial charge on any atom is 0.326 e. The highest BCUT2D eigenvalue weighted by molar-refractivity contribution is 6.45. The molecule has 27 heavy (non-hydrogen) atoms. The van der Waals surface area contributed by atoms with Crippen molar-refractivity contribution in [3.63, 3.8) is 0 Å². The van der Waals surface area contributed by atoms with E-state index < -0.39 is 12.0 Å². The molecule has 0 saturated carbocycles. The maximum absolute atomic E-state index is 12.0. The van der Waals surface area contributed by atoms with Crippen LogP contribution in [0.2, 0.25) is 10.0 Å². The number of halogens is 2. The van der Waals surface area contributed by atoms with Crippen molar-refractivity contribution in [2.45, 2.75) is 26.3 Å². The number of imidazole rings is 1. The molecule has 8 heteroatoms. The molecule has 1 saturated heterocycles. The van der Waals surface area contributed by atoms with Crippen LogP contribution in [0.25, 0.3) is 16.6 Å². The molecule has 1 atom stereocenters. The van der Waals surface area contributed by atoms with Gasteiger partial charge in [0.25, 0.3) is 0 Å². The Morgan fingerprint density at radius 2 is 2.11 bits per heavy atom.